The van der Waals surface area contributed by atoms with Crippen LogP contribution in [0.25, 0.3) is 0 Å². The number of ether oxygens (including phenoxy) is 1. The number of carbonyl (C=O) groups is 1. The first kappa shape index (κ1) is 10.5. The molecule has 0 aromatic rings. The van der Waals surface area contributed by atoms with E-state index in [-0.39, 0.29) is 0 Å². The molecule has 0 saturated carbocycles. The van der Waals surface area contributed by atoms with Gasteiger partial charge in [-0.1, -0.05) is 13.3 Å². The summed E-state index contributed by atoms with van der Waals surface area (Å²) in [5.74, 6) is -0.768. The third kappa shape index (κ3) is 2.97. The summed E-state index contributed by atoms with van der Waals surface area (Å²) in [7, 11) is 0. The number of unbranched alkanes of at least 4 members (excludes halogenated alkanes) is 1. The lowest BCUT2D eigenvalue weighted by Gasteiger charge is -2.32. The fourth-order valence-corrected chi connectivity index (χ4v) is 1.49. The molecule has 0 aromatic heterocycles. The highest BCUT2D eigenvalue weighted by Crippen LogP contribution is 2.08. The van der Waals surface area contributed by atoms with Crippen LogP contribution in [0.1, 0.15) is 19.8 Å². The van der Waals surface area contributed by atoms with E-state index in [2.05, 4.69) is 6.92 Å². The number of aliphatic carboxylic acids is 1. The molecule has 0 spiro atoms. The van der Waals surface area contributed by atoms with E-state index in [9.17, 15) is 4.79 Å². The number of hydrogen-bond acceptors (Lipinski definition) is 3. The summed E-state index contributed by atoms with van der Waals surface area (Å²) in [5, 5.41) is 8.89. The average Bonchev–Trinajstić information content (AvgIpc) is 2.15. The smallest absolute Gasteiger partial charge is 0.323 e. The molecule has 1 rings (SSSR count). The summed E-state index contributed by atoms with van der Waals surface area (Å²) in [6.45, 7) is 4.72. The van der Waals surface area contributed by atoms with Gasteiger partial charge in [0.1, 0.15) is 6.04 Å². The van der Waals surface area contributed by atoms with E-state index in [0.717, 1.165) is 25.9 Å². The molecule has 1 aliphatic rings. The van der Waals surface area contributed by atoms with Gasteiger partial charge in [0.2, 0.25) is 0 Å². The quantitative estimate of drug-likeness (QED) is 0.699. The molecule has 4 heteroatoms. The lowest BCUT2D eigenvalue weighted by atomic mass is 10.2. The molecule has 1 aliphatic heterocycles. The van der Waals surface area contributed by atoms with Crippen LogP contribution in [0.15, 0.2) is 0 Å². The van der Waals surface area contributed by atoms with E-state index in [0.29, 0.717) is 13.2 Å². The molecule has 1 N–H and O–H groups in total. The van der Waals surface area contributed by atoms with Gasteiger partial charge in [0.15, 0.2) is 0 Å². The van der Waals surface area contributed by atoms with E-state index in [1.807, 2.05) is 4.90 Å². The van der Waals surface area contributed by atoms with Crippen LogP contribution >= 0.6 is 0 Å². The molecule has 0 unspecified atom stereocenters. The number of rotatable bonds is 4. The zero-order valence-corrected chi connectivity index (χ0v) is 8.03. The van der Waals surface area contributed by atoms with Crippen LogP contribution in [0.4, 0.5) is 0 Å². The summed E-state index contributed by atoms with van der Waals surface area (Å²) < 4.78 is 5.13. The summed E-state index contributed by atoms with van der Waals surface area (Å²) >= 11 is 0. The Morgan fingerprint density at radius 2 is 2.46 bits per heavy atom. The van der Waals surface area contributed by atoms with Crippen molar-refractivity contribution < 1.29 is 14.6 Å². The lowest BCUT2D eigenvalue weighted by Crippen LogP contribution is -2.50. The van der Waals surface area contributed by atoms with Crippen molar-refractivity contribution in [2.75, 3.05) is 26.3 Å². The normalized spacial score (nSPS) is 24.5. The van der Waals surface area contributed by atoms with Gasteiger partial charge in [-0.05, 0) is 13.0 Å². The molecule has 76 valence electrons. The first-order valence-corrected chi connectivity index (χ1v) is 4.80. The van der Waals surface area contributed by atoms with Crippen molar-refractivity contribution in [3.05, 3.63) is 0 Å². The van der Waals surface area contributed by atoms with Crippen molar-refractivity contribution in [2.24, 2.45) is 0 Å². The molecule has 13 heavy (non-hydrogen) atoms. The molecule has 0 aromatic carbocycles. The molecular weight excluding hydrogens is 170 g/mol. The Morgan fingerprint density at radius 1 is 1.69 bits per heavy atom. The van der Waals surface area contributed by atoms with Crippen LogP contribution < -0.4 is 0 Å². The van der Waals surface area contributed by atoms with Crippen molar-refractivity contribution in [3.8, 4) is 0 Å². The second-order valence-corrected chi connectivity index (χ2v) is 3.32. The fourth-order valence-electron chi connectivity index (χ4n) is 1.49. The van der Waals surface area contributed by atoms with Crippen LogP contribution in [0, 0.1) is 0 Å². The van der Waals surface area contributed by atoms with Gasteiger partial charge >= 0.3 is 5.97 Å². The third-order valence-electron chi connectivity index (χ3n) is 2.32. The Balaban J connectivity index is 2.41. The number of carboxylic acids is 1. The second kappa shape index (κ2) is 5.19. The molecule has 0 aliphatic carbocycles. The van der Waals surface area contributed by atoms with Gasteiger partial charge in [-0.15, -0.1) is 0 Å². The largest absolute Gasteiger partial charge is 0.480 e. The molecule has 1 heterocycles. The van der Waals surface area contributed by atoms with Gasteiger partial charge in [-0.2, -0.15) is 0 Å². The van der Waals surface area contributed by atoms with Crippen LogP contribution in [0.3, 0.4) is 0 Å². The van der Waals surface area contributed by atoms with E-state index < -0.39 is 12.0 Å². The summed E-state index contributed by atoms with van der Waals surface area (Å²) in [4.78, 5) is 12.8. The van der Waals surface area contributed by atoms with E-state index >= 15 is 0 Å². The number of morpholine rings is 1. The standard InChI is InChI=1S/C9H17NO3/c1-2-3-4-10-5-6-13-7-8(10)9(11)12/h8H,2-7H2,1H3,(H,11,12)/t8-/m1/s1. The first-order valence-electron chi connectivity index (χ1n) is 4.80. The Hall–Kier alpha value is -0.610. The summed E-state index contributed by atoms with van der Waals surface area (Å²) in [6.07, 6.45) is 2.16. The minimum absolute atomic E-state index is 0.332. The van der Waals surface area contributed by atoms with Crippen LogP contribution in [0.5, 0.6) is 0 Å². The Morgan fingerprint density at radius 3 is 3.08 bits per heavy atom. The van der Waals surface area contributed by atoms with Gasteiger partial charge in [0.05, 0.1) is 13.2 Å². The molecule has 1 fully saturated rings. The molecule has 0 amide bonds. The predicted molar refractivity (Wildman–Crippen MR) is 48.7 cm³/mol. The Labute approximate surface area is 78.5 Å². The highest BCUT2D eigenvalue weighted by molar-refractivity contribution is 5.73. The topological polar surface area (TPSA) is 49.8 Å². The molecule has 1 saturated heterocycles. The minimum Gasteiger partial charge on any atom is -0.480 e. The van der Waals surface area contributed by atoms with Crippen molar-refractivity contribution in [1.82, 2.24) is 4.90 Å². The van der Waals surface area contributed by atoms with Crippen molar-refractivity contribution >= 4 is 5.97 Å². The molecular formula is C9H17NO3. The van der Waals surface area contributed by atoms with Gasteiger partial charge in [-0.3, -0.25) is 9.69 Å². The van der Waals surface area contributed by atoms with Gasteiger partial charge in [0, 0.05) is 6.54 Å². The Bertz CT molecular complexity index is 172. The zero-order valence-electron chi connectivity index (χ0n) is 8.03. The van der Waals surface area contributed by atoms with Gasteiger partial charge in [-0.25, -0.2) is 0 Å². The number of nitrogens with zero attached hydrogens (tertiary/aromatic N) is 1. The van der Waals surface area contributed by atoms with Crippen LogP contribution in [-0.4, -0.2) is 48.3 Å². The third-order valence-corrected chi connectivity index (χ3v) is 2.32. The average molecular weight is 187 g/mol. The van der Waals surface area contributed by atoms with E-state index in [1.165, 1.54) is 0 Å². The van der Waals surface area contributed by atoms with Crippen LogP contribution in [-0.2, 0) is 9.53 Å². The molecule has 0 radical (unpaired) electrons. The maximum absolute atomic E-state index is 10.8. The Kier molecular flexibility index (Phi) is 4.18. The van der Waals surface area contributed by atoms with Crippen LogP contribution in [0.2, 0.25) is 0 Å². The summed E-state index contributed by atoms with van der Waals surface area (Å²) in [5.41, 5.74) is 0. The summed E-state index contributed by atoms with van der Waals surface area (Å²) in [6, 6.07) is -0.430. The zero-order chi connectivity index (χ0) is 9.68. The SMILES string of the molecule is CCCCN1CCOC[C@@H]1C(=O)O. The van der Waals surface area contributed by atoms with E-state index in [4.69, 9.17) is 9.84 Å². The minimum atomic E-state index is -0.768. The first-order chi connectivity index (χ1) is 6.25. The number of hydrogen-bond donors (Lipinski definition) is 1. The van der Waals surface area contributed by atoms with Crippen molar-refractivity contribution in [3.63, 3.8) is 0 Å². The highest BCUT2D eigenvalue weighted by atomic mass is 16.5. The molecule has 1 atom stereocenters. The van der Waals surface area contributed by atoms with Gasteiger partial charge in [0.25, 0.3) is 0 Å². The molecule has 0 bridgehead atoms. The monoisotopic (exact) mass is 187 g/mol. The lowest BCUT2D eigenvalue weighted by molar-refractivity contribution is -0.149. The second-order valence-electron chi connectivity index (χ2n) is 3.32. The highest BCUT2D eigenvalue weighted by Gasteiger charge is 2.28. The van der Waals surface area contributed by atoms with Crippen molar-refractivity contribution in [1.29, 1.82) is 0 Å². The predicted octanol–water partition coefficient (Wildman–Crippen LogP) is 0.572. The molecule has 4 nitrogen and oxygen atoms in total. The van der Waals surface area contributed by atoms with Gasteiger partial charge < -0.3 is 9.84 Å². The van der Waals surface area contributed by atoms with Crippen molar-refractivity contribution in [2.45, 2.75) is 25.8 Å². The number of carboxylic acid groups (broad SMARTS) is 1. The fraction of sp³-hybridized carbons (Fsp3) is 0.889. The maximum atomic E-state index is 10.8. The van der Waals surface area contributed by atoms with E-state index in [1.54, 1.807) is 0 Å². The maximum Gasteiger partial charge on any atom is 0.323 e.